The monoisotopic (exact) mass is 229 g/mol. The summed E-state index contributed by atoms with van der Waals surface area (Å²) in [7, 11) is 0. The Morgan fingerprint density at radius 3 is 2.31 bits per heavy atom. The normalized spacial score (nSPS) is 11.9. The summed E-state index contributed by atoms with van der Waals surface area (Å²) in [6.45, 7) is 3.33. The number of carbonyl (C=O) groups is 3. The number of ketones is 1. The fraction of sp³-hybridized carbons (Fsp3) is 0.727. The second-order valence-corrected chi connectivity index (χ2v) is 3.80. The number of nitrogens with one attached hydrogen (secondary N) is 1. The van der Waals surface area contributed by atoms with Crippen molar-refractivity contribution in [3.63, 3.8) is 0 Å². The summed E-state index contributed by atoms with van der Waals surface area (Å²) >= 11 is 0. The smallest absolute Gasteiger partial charge is 0.326 e. The minimum Gasteiger partial charge on any atom is -0.480 e. The third kappa shape index (κ3) is 6.98. The zero-order valence-electron chi connectivity index (χ0n) is 9.78. The van der Waals surface area contributed by atoms with Gasteiger partial charge in [-0.1, -0.05) is 13.3 Å². The number of aliphatic carboxylic acids is 1. The molecular formula is C11H19NO4. The number of carboxylic acids is 1. The van der Waals surface area contributed by atoms with E-state index in [1.165, 1.54) is 6.92 Å². The second-order valence-electron chi connectivity index (χ2n) is 3.80. The maximum Gasteiger partial charge on any atom is 0.326 e. The highest BCUT2D eigenvalue weighted by Crippen LogP contribution is 2.00. The van der Waals surface area contributed by atoms with E-state index in [0.717, 1.165) is 0 Å². The van der Waals surface area contributed by atoms with E-state index in [2.05, 4.69) is 5.32 Å². The van der Waals surface area contributed by atoms with Gasteiger partial charge in [-0.15, -0.1) is 0 Å². The average molecular weight is 229 g/mol. The molecule has 1 atom stereocenters. The van der Waals surface area contributed by atoms with E-state index >= 15 is 0 Å². The molecule has 0 aromatic carbocycles. The molecule has 1 amide bonds. The number of carbonyl (C=O) groups excluding carboxylic acids is 2. The van der Waals surface area contributed by atoms with E-state index in [4.69, 9.17) is 5.11 Å². The highest BCUT2D eigenvalue weighted by Gasteiger charge is 2.18. The second kappa shape index (κ2) is 7.84. The van der Waals surface area contributed by atoms with Gasteiger partial charge >= 0.3 is 5.97 Å². The van der Waals surface area contributed by atoms with Crippen molar-refractivity contribution in [1.82, 2.24) is 5.32 Å². The van der Waals surface area contributed by atoms with E-state index in [9.17, 15) is 14.4 Å². The Hall–Kier alpha value is -1.39. The number of carboxylic acid groups (broad SMARTS) is 1. The first-order chi connectivity index (χ1) is 7.47. The molecule has 5 nitrogen and oxygen atoms in total. The molecule has 92 valence electrons. The van der Waals surface area contributed by atoms with Crippen LogP contribution in [0.2, 0.25) is 0 Å². The number of hydrogen-bond acceptors (Lipinski definition) is 3. The van der Waals surface area contributed by atoms with E-state index in [-0.39, 0.29) is 18.1 Å². The zero-order chi connectivity index (χ0) is 12.6. The Morgan fingerprint density at radius 2 is 1.88 bits per heavy atom. The predicted octanol–water partition coefficient (Wildman–Crippen LogP) is 1.12. The van der Waals surface area contributed by atoms with Gasteiger partial charge in [0, 0.05) is 12.8 Å². The van der Waals surface area contributed by atoms with Crippen molar-refractivity contribution in [2.24, 2.45) is 0 Å². The predicted molar refractivity (Wildman–Crippen MR) is 59.0 cm³/mol. The number of amides is 1. The van der Waals surface area contributed by atoms with Gasteiger partial charge in [0.2, 0.25) is 5.91 Å². The Labute approximate surface area is 95.2 Å². The molecule has 0 aromatic rings. The minimum atomic E-state index is -1.01. The molecule has 0 saturated carbocycles. The van der Waals surface area contributed by atoms with E-state index in [0.29, 0.717) is 25.7 Å². The first-order valence-corrected chi connectivity index (χ1v) is 5.49. The molecule has 0 aromatic heterocycles. The third-order valence-electron chi connectivity index (χ3n) is 2.14. The third-order valence-corrected chi connectivity index (χ3v) is 2.14. The van der Waals surface area contributed by atoms with Gasteiger partial charge in [0.15, 0.2) is 0 Å². The number of rotatable bonds is 8. The van der Waals surface area contributed by atoms with Crippen LogP contribution < -0.4 is 5.32 Å². The van der Waals surface area contributed by atoms with Crippen LogP contribution in [0.4, 0.5) is 0 Å². The van der Waals surface area contributed by atoms with Crippen LogP contribution in [0.1, 0.15) is 46.0 Å². The van der Waals surface area contributed by atoms with Crippen LogP contribution in [-0.4, -0.2) is 28.8 Å². The van der Waals surface area contributed by atoms with Gasteiger partial charge in [0.05, 0.1) is 0 Å². The Bertz CT molecular complexity index is 263. The summed E-state index contributed by atoms with van der Waals surface area (Å²) in [4.78, 5) is 32.7. The zero-order valence-corrected chi connectivity index (χ0v) is 9.78. The molecule has 1 unspecified atom stereocenters. The summed E-state index contributed by atoms with van der Waals surface area (Å²) in [6, 6.07) is -0.810. The van der Waals surface area contributed by atoms with Crippen LogP contribution in [0.5, 0.6) is 0 Å². The van der Waals surface area contributed by atoms with Crippen LogP contribution in [0, 0.1) is 0 Å². The lowest BCUT2D eigenvalue weighted by molar-refractivity contribution is -0.142. The Morgan fingerprint density at radius 1 is 1.25 bits per heavy atom. The van der Waals surface area contributed by atoms with Gasteiger partial charge in [-0.05, 0) is 19.8 Å². The van der Waals surface area contributed by atoms with Gasteiger partial charge in [-0.3, -0.25) is 4.79 Å². The summed E-state index contributed by atoms with van der Waals surface area (Å²) in [5.41, 5.74) is 0. The molecule has 0 aliphatic carbocycles. The summed E-state index contributed by atoms with van der Waals surface area (Å²) < 4.78 is 0. The highest BCUT2D eigenvalue weighted by atomic mass is 16.4. The molecule has 16 heavy (non-hydrogen) atoms. The van der Waals surface area contributed by atoms with Gasteiger partial charge in [-0.25, -0.2) is 4.79 Å². The fourth-order valence-corrected chi connectivity index (χ4v) is 1.31. The van der Waals surface area contributed by atoms with Crippen LogP contribution in [-0.2, 0) is 14.4 Å². The summed E-state index contributed by atoms with van der Waals surface area (Å²) in [6.07, 6.45) is 2.16. The molecule has 0 spiro atoms. The van der Waals surface area contributed by atoms with Gasteiger partial charge in [0.25, 0.3) is 0 Å². The number of Topliss-reactive ketones (excluding diaryl/α,β-unsaturated/α-hetero) is 1. The topological polar surface area (TPSA) is 83.5 Å². The molecule has 0 aliphatic heterocycles. The Kier molecular flexibility index (Phi) is 7.16. The summed E-state index contributed by atoms with van der Waals surface area (Å²) in [5, 5.41) is 11.2. The molecule has 0 aliphatic rings. The fourth-order valence-electron chi connectivity index (χ4n) is 1.31. The molecular weight excluding hydrogens is 210 g/mol. The van der Waals surface area contributed by atoms with Crippen LogP contribution in [0.15, 0.2) is 0 Å². The van der Waals surface area contributed by atoms with Gasteiger partial charge in [-0.2, -0.15) is 0 Å². The maximum atomic E-state index is 11.3. The van der Waals surface area contributed by atoms with E-state index in [1.54, 1.807) is 0 Å². The summed E-state index contributed by atoms with van der Waals surface area (Å²) in [5.74, 6) is -1.28. The van der Waals surface area contributed by atoms with Crippen molar-refractivity contribution in [2.75, 3.05) is 0 Å². The first kappa shape index (κ1) is 14.6. The lowest BCUT2D eigenvalue weighted by atomic mass is 10.1. The lowest BCUT2D eigenvalue weighted by Gasteiger charge is -2.13. The molecule has 2 N–H and O–H groups in total. The van der Waals surface area contributed by atoms with Crippen molar-refractivity contribution in [2.45, 2.75) is 52.0 Å². The van der Waals surface area contributed by atoms with Crippen molar-refractivity contribution in [1.29, 1.82) is 0 Å². The minimum absolute atomic E-state index is 0.0381. The van der Waals surface area contributed by atoms with E-state index in [1.807, 2.05) is 6.92 Å². The largest absolute Gasteiger partial charge is 0.480 e. The highest BCUT2D eigenvalue weighted by molar-refractivity contribution is 5.84. The SMILES string of the molecule is CCCC(NC(=O)CCCC(C)=O)C(=O)O. The Balaban J connectivity index is 3.90. The van der Waals surface area contributed by atoms with E-state index < -0.39 is 12.0 Å². The van der Waals surface area contributed by atoms with Crippen LogP contribution >= 0.6 is 0 Å². The molecule has 0 saturated heterocycles. The quantitative estimate of drug-likeness (QED) is 0.653. The lowest BCUT2D eigenvalue weighted by Crippen LogP contribution is -2.40. The van der Waals surface area contributed by atoms with Crippen molar-refractivity contribution in [3.05, 3.63) is 0 Å². The maximum absolute atomic E-state index is 11.3. The number of hydrogen-bond donors (Lipinski definition) is 2. The molecule has 0 bridgehead atoms. The standard InChI is InChI=1S/C11H19NO4/c1-3-5-9(11(15)16)12-10(14)7-4-6-8(2)13/h9H,3-7H2,1-2H3,(H,12,14)(H,15,16). The van der Waals surface area contributed by atoms with Crippen LogP contribution in [0.3, 0.4) is 0 Å². The van der Waals surface area contributed by atoms with Crippen molar-refractivity contribution < 1.29 is 19.5 Å². The van der Waals surface area contributed by atoms with Gasteiger partial charge < -0.3 is 15.2 Å². The molecule has 0 rings (SSSR count). The molecule has 0 fully saturated rings. The first-order valence-electron chi connectivity index (χ1n) is 5.49. The van der Waals surface area contributed by atoms with Crippen LogP contribution in [0.25, 0.3) is 0 Å². The average Bonchev–Trinajstić information content (AvgIpc) is 2.16. The molecule has 0 heterocycles. The van der Waals surface area contributed by atoms with Gasteiger partial charge in [0.1, 0.15) is 11.8 Å². The van der Waals surface area contributed by atoms with Crippen molar-refractivity contribution in [3.8, 4) is 0 Å². The molecule has 0 radical (unpaired) electrons. The van der Waals surface area contributed by atoms with Crippen molar-refractivity contribution >= 4 is 17.7 Å². The molecule has 5 heteroatoms.